The number of amides is 2. The number of piperidine rings is 2. The van der Waals surface area contributed by atoms with E-state index in [-0.39, 0.29) is 11.8 Å². The number of benzene rings is 1. The van der Waals surface area contributed by atoms with E-state index in [4.69, 9.17) is 4.74 Å². The van der Waals surface area contributed by atoms with Gasteiger partial charge in [0.15, 0.2) is 0 Å². The van der Waals surface area contributed by atoms with Crippen molar-refractivity contribution in [2.75, 3.05) is 57.4 Å². The number of hydrogen-bond donors (Lipinski definition) is 0. The second-order valence-corrected chi connectivity index (χ2v) is 7.98. The zero-order valence-corrected chi connectivity index (χ0v) is 15.9. The molecule has 6 nitrogen and oxygen atoms in total. The first-order valence-electron chi connectivity index (χ1n) is 10.1. The van der Waals surface area contributed by atoms with Crippen molar-refractivity contribution in [2.45, 2.75) is 25.7 Å². The average Bonchev–Trinajstić information content (AvgIpc) is 2.72. The van der Waals surface area contributed by atoms with Gasteiger partial charge in [0.1, 0.15) is 0 Å². The van der Waals surface area contributed by atoms with Gasteiger partial charge in [-0.3, -0.25) is 14.5 Å². The first-order valence-corrected chi connectivity index (χ1v) is 10.1. The van der Waals surface area contributed by atoms with E-state index < -0.39 is 5.41 Å². The summed E-state index contributed by atoms with van der Waals surface area (Å²) in [4.78, 5) is 32.3. The Hall–Kier alpha value is -1.92. The van der Waals surface area contributed by atoms with Crippen LogP contribution in [0.2, 0.25) is 0 Å². The van der Waals surface area contributed by atoms with Crippen LogP contribution in [0.5, 0.6) is 0 Å². The SMILES string of the molecule is O=C(CN1CCOCC1)N1CCCC2(CCCN(c3ccccc3)C2=O)C1. The second kappa shape index (κ2) is 7.98. The molecule has 0 saturated carbocycles. The number of rotatable bonds is 3. The minimum absolute atomic E-state index is 0.153. The van der Waals surface area contributed by atoms with Crippen molar-refractivity contribution in [2.24, 2.45) is 5.41 Å². The summed E-state index contributed by atoms with van der Waals surface area (Å²) in [6, 6.07) is 9.92. The third kappa shape index (κ3) is 3.87. The molecule has 1 aromatic rings. The molecule has 0 N–H and O–H groups in total. The Bertz CT molecular complexity index is 671. The number of morpholine rings is 1. The zero-order chi connectivity index (χ0) is 18.7. The van der Waals surface area contributed by atoms with Crippen LogP contribution in [0.25, 0.3) is 0 Å². The van der Waals surface area contributed by atoms with Crippen molar-refractivity contribution < 1.29 is 14.3 Å². The summed E-state index contributed by atoms with van der Waals surface area (Å²) in [5.74, 6) is 0.351. The molecule has 4 rings (SSSR count). The van der Waals surface area contributed by atoms with Gasteiger partial charge in [-0.2, -0.15) is 0 Å². The molecule has 3 saturated heterocycles. The van der Waals surface area contributed by atoms with Crippen molar-refractivity contribution in [3.8, 4) is 0 Å². The Morgan fingerprint density at radius 2 is 1.70 bits per heavy atom. The average molecular weight is 371 g/mol. The summed E-state index contributed by atoms with van der Waals surface area (Å²) in [6.45, 7) is 5.56. The fourth-order valence-electron chi connectivity index (χ4n) is 4.70. The van der Waals surface area contributed by atoms with E-state index in [9.17, 15) is 9.59 Å². The minimum Gasteiger partial charge on any atom is -0.379 e. The number of para-hydroxylation sites is 1. The summed E-state index contributed by atoms with van der Waals surface area (Å²) in [5.41, 5.74) is 0.561. The molecule has 3 aliphatic heterocycles. The van der Waals surface area contributed by atoms with Gasteiger partial charge >= 0.3 is 0 Å². The minimum atomic E-state index is -0.410. The number of anilines is 1. The highest BCUT2D eigenvalue weighted by Gasteiger charge is 2.47. The van der Waals surface area contributed by atoms with Crippen LogP contribution < -0.4 is 4.90 Å². The molecule has 3 fully saturated rings. The first-order chi connectivity index (χ1) is 13.2. The lowest BCUT2D eigenvalue weighted by Crippen LogP contribution is -2.58. The van der Waals surface area contributed by atoms with Gasteiger partial charge in [-0.15, -0.1) is 0 Å². The predicted molar refractivity (Wildman–Crippen MR) is 104 cm³/mol. The highest BCUT2D eigenvalue weighted by molar-refractivity contribution is 5.99. The Morgan fingerprint density at radius 3 is 2.44 bits per heavy atom. The molecule has 1 spiro atoms. The summed E-state index contributed by atoms with van der Waals surface area (Å²) >= 11 is 0. The lowest BCUT2D eigenvalue weighted by molar-refractivity contribution is -0.143. The molecule has 1 aromatic carbocycles. The van der Waals surface area contributed by atoms with Crippen LogP contribution >= 0.6 is 0 Å². The molecule has 1 atom stereocenters. The second-order valence-electron chi connectivity index (χ2n) is 7.98. The third-order valence-electron chi connectivity index (χ3n) is 6.20. The maximum atomic E-state index is 13.4. The topological polar surface area (TPSA) is 53.1 Å². The van der Waals surface area contributed by atoms with Crippen LogP contribution in [0.15, 0.2) is 30.3 Å². The Kier molecular flexibility index (Phi) is 5.45. The lowest BCUT2D eigenvalue weighted by atomic mass is 9.72. The van der Waals surface area contributed by atoms with Gasteiger partial charge in [-0.05, 0) is 37.8 Å². The predicted octanol–water partition coefficient (Wildman–Crippen LogP) is 1.75. The largest absolute Gasteiger partial charge is 0.379 e. The smallest absolute Gasteiger partial charge is 0.236 e. The Balaban J connectivity index is 1.45. The van der Waals surface area contributed by atoms with Gasteiger partial charge in [-0.25, -0.2) is 0 Å². The molecule has 3 heterocycles. The van der Waals surface area contributed by atoms with Gasteiger partial charge in [-0.1, -0.05) is 18.2 Å². The molecule has 0 bridgehead atoms. The van der Waals surface area contributed by atoms with Crippen LogP contribution in [0, 0.1) is 5.41 Å². The summed E-state index contributed by atoms with van der Waals surface area (Å²) < 4.78 is 5.37. The van der Waals surface area contributed by atoms with Gasteiger partial charge in [0.05, 0.1) is 25.2 Å². The van der Waals surface area contributed by atoms with Crippen LogP contribution in [-0.2, 0) is 14.3 Å². The monoisotopic (exact) mass is 371 g/mol. The Morgan fingerprint density at radius 1 is 1.00 bits per heavy atom. The number of hydrogen-bond acceptors (Lipinski definition) is 4. The normalized spacial score (nSPS) is 27.2. The molecular formula is C21H29N3O3. The number of carbonyl (C=O) groups is 2. The van der Waals surface area contributed by atoms with Crippen molar-refractivity contribution in [3.05, 3.63) is 30.3 Å². The van der Waals surface area contributed by atoms with Crippen molar-refractivity contribution >= 4 is 17.5 Å². The summed E-state index contributed by atoms with van der Waals surface area (Å²) in [7, 11) is 0. The molecule has 1 unspecified atom stereocenters. The van der Waals surface area contributed by atoms with E-state index in [1.165, 1.54) is 0 Å². The molecule has 0 aliphatic carbocycles. The van der Waals surface area contributed by atoms with Crippen molar-refractivity contribution in [1.29, 1.82) is 0 Å². The highest BCUT2D eigenvalue weighted by atomic mass is 16.5. The molecule has 27 heavy (non-hydrogen) atoms. The van der Waals surface area contributed by atoms with E-state index in [1.54, 1.807) is 0 Å². The van der Waals surface area contributed by atoms with Crippen molar-refractivity contribution in [3.63, 3.8) is 0 Å². The number of nitrogens with zero attached hydrogens (tertiary/aromatic N) is 3. The summed E-state index contributed by atoms with van der Waals surface area (Å²) in [5, 5.41) is 0. The molecule has 2 amide bonds. The van der Waals surface area contributed by atoms with E-state index in [0.29, 0.717) is 26.3 Å². The molecule has 0 aromatic heterocycles. The first kappa shape index (κ1) is 18.4. The molecule has 146 valence electrons. The molecular weight excluding hydrogens is 342 g/mol. The maximum Gasteiger partial charge on any atom is 0.236 e. The van der Waals surface area contributed by atoms with E-state index >= 15 is 0 Å². The third-order valence-corrected chi connectivity index (χ3v) is 6.20. The zero-order valence-electron chi connectivity index (χ0n) is 15.9. The van der Waals surface area contributed by atoms with Crippen LogP contribution in [-0.4, -0.2) is 74.1 Å². The number of ether oxygens (including phenoxy) is 1. The van der Waals surface area contributed by atoms with E-state index in [2.05, 4.69) is 4.90 Å². The van der Waals surface area contributed by atoms with Crippen LogP contribution in [0.4, 0.5) is 5.69 Å². The molecule has 3 aliphatic rings. The summed E-state index contributed by atoms with van der Waals surface area (Å²) in [6.07, 6.45) is 3.67. The Labute approximate surface area is 161 Å². The van der Waals surface area contributed by atoms with Crippen LogP contribution in [0.3, 0.4) is 0 Å². The number of carbonyl (C=O) groups excluding carboxylic acids is 2. The van der Waals surface area contributed by atoms with Crippen molar-refractivity contribution in [1.82, 2.24) is 9.80 Å². The van der Waals surface area contributed by atoms with E-state index in [0.717, 1.165) is 57.5 Å². The van der Waals surface area contributed by atoms with Gasteiger partial charge in [0.25, 0.3) is 0 Å². The number of likely N-dealkylation sites (tertiary alicyclic amines) is 1. The van der Waals surface area contributed by atoms with Gasteiger partial charge < -0.3 is 14.5 Å². The molecule has 0 radical (unpaired) electrons. The quantitative estimate of drug-likeness (QED) is 0.812. The van der Waals surface area contributed by atoms with Crippen LogP contribution in [0.1, 0.15) is 25.7 Å². The lowest BCUT2D eigenvalue weighted by Gasteiger charge is -2.47. The fourth-order valence-corrected chi connectivity index (χ4v) is 4.70. The highest BCUT2D eigenvalue weighted by Crippen LogP contribution is 2.41. The maximum absolute atomic E-state index is 13.4. The fraction of sp³-hybridized carbons (Fsp3) is 0.619. The van der Waals surface area contributed by atoms with Gasteiger partial charge in [0.2, 0.25) is 11.8 Å². The molecule has 6 heteroatoms. The van der Waals surface area contributed by atoms with E-state index in [1.807, 2.05) is 40.1 Å². The standard InChI is InChI=1S/C21H29N3O3/c25-19(16-22-12-14-27-15-13-22)23-10-4-8-21(17-23)9-5-11-24(20(21)26)18-6-2-1-3-7-18/h1-3,6-7H,4-5,8-17H2. The van der Waals surface area contributed by atoms with Gasteiger partial charge in [0, 0.05) is 38.4 Å².